The Morgan fingerprint density at radius 2 is 2.25 bits per heavy atom. The molecule has 0 aromatic carbocycles. The molecule has 1 unspecified atom stereocenters. The molecule has 0 bridgehead atoms. The van der Waals surface area contributed by atoms with E-state index < -0.39 is 12.0 Å². The fraction of sp³-hybridized carbons (Fsp3) is 0.462. The third-order valence-corrected chi connectivity index (χ3v) is 3.24. The normalized spacial score (nSPS) is 19.3. The van der Waals surface area contributed by atoms with E-state index in [0.717, 1.165) is 12.8 Å². The van der Waals surface area contributed by atoms with Crippen LogP contribution in [0.3, 0.4) is 0 Å². The molecule has 1 aromatic heterocycles. The molecule has 2 rings (SSSR count). The van der Waals surface area contributed by atoms with Crippen molar-refractivity contribution in [3.63, 3.8) is 0 Å². The molecule has 0 aliphatic carbocycles. The van der Waals surface area contributed by atoms with Gasteiger partial charge in [-0.3, -0.25) is 25.3 Å². The maximum atomic E-state index is 11.8. The summed E-state index contributed by atoms with van der Waals surface area (Å²) in [5, 5.41) is 9.13. The SMILES string of the molecule is O=C(CN1CCCCC1C(=O)O)NNc1ccccn1. The van der Waals surface area contributed by atoms with Gasteiger partial charge in [0, 0.05) is 6.20 Å². The molecule has 0 spiro atoms. The average molecular weight is 278 g/mol. The first-order chi connectivity index (χ1) is 9.66. The van der Waals surface area contributed by atoms with Crippen molar-refractivity contribution < 1.29 is 14.7 Å². The summed E-state index contributed by atoms with van der Waals surface area (Å²) in [6.07, 6.45) is 4.02. The zero-order chi connectivity index (χ0) is 14.4. The Labute approximate surface area is 117 Å². The lowest BCUT2D eigenvalue weighted by atomic mass is 10.0. The first kappa shape index (κ1) is 14.3. The second kappa shape index (κ2) is 6.85. The number of hydrazine groups is 1. The third kappa shape index (κ3) is 3.92. The van der Waals surface area contributed by atoms with E-state index in [0.29, 0.717) is 18.8 Å². The Balaban J connectivity index is 1.82. The standard InChI is InChI=1S/C13H18N4O3/c18-12(16-15-11-6-1-3-7-14-11)9-17-8-4-2-5-10(17)13(19)20/h1,3,6-7,10H,2,4-5,8-9H2,(H,14,15)(H,16,18)(H,19,20). The monoisotopic (exact) mass is 278 g/mol. The summed E-state index contributed by atoms with van der Waals surface area (Å²) in [6, 6.07) is 4.73. The Morgan fingerprint density at radius 1 is 1.40 bits per heavy atom. The van der Waals surface area contributed by atoms with E-state index in [1.165, 1.54) is 0 Å². The Morgan fingerprint density at radius 3 is 2.95 bits per heavy atom. The number of carbonyl (C=O) groups is 2. The van der Waals surface area contributed by atoms with Crippen molar-refractivity contribution >= 4 is 17.7 Å². The van der Waals surface area contributed by atoms with Gasteiger partial charge < -0.3 is 5.11 Å². The second-order valence-corrected chi connectivity index (χ2v) is 4.71. The van der Waals surface area contributed by atoms with Crippen LogP contribution in [0, 0.1) is 0 Å². The second-order valence-electron chi connectivity index (χ2n) is 4.71. The zero-order valence-electron chi connectivity index (χ0n) is 11.1. The third-order valence-electron chi connectivity index (χ3n) is 3.24. The topological polar surface area (TPSA) is 94.6 Å². The molecular weight excluding hydrogens is 260 g/mol. The number of aromatic nitrogens is 1. The zero-order valence-corrected chi connectivity index (χ0v) is 11.1. The molecule has 3 N–H and O–H groups in total. The first-order valence-electron chi connectivity index (χ1n) is 6.59. The van der Waals surface area contributed by atoms with Crippen LogP contribution >= 0.6 is 0 Å². The Hall–Kier alpha value is -2.15. The maximum absolute atomic E-state index is 11.8. The van der Waals surface area contributed by atoms with E-state index in [1.807, 2.05) is 0 Å². The number of hydrogen-bond donors (Lipinski definition) is 3. The minimum absolute atomic E-state index is 0.0663. The fourth-order valence-corrected chi connectivity index (χ4v) is 2.25. The van der Waals surface area contributed by atoms with Gasteiger partial charge in [-0.1, -0.05) is 12.5 Å². The molecule has 2 heterocycles. The maximum Gasteiger partial charge on any atom is 0.320 e. The summed E-state index contributed by atoms with van der Waals surface area (Å²) in [5.74, 6) is -0.603. The molecule has 7 nitrogen and oxygen atoms in total. The quantitative estimate of drug-likeness (QED) is 0.678. The number of piperidine rings is 1. The first-order valence-corrected chi connectivity index (χ1v) is 6.59. The highest BCUT2D eigenvalue weighted by Gasteiger charge is 2.29. The number of nitrogens with zero attached hydrogens (tertiary/aromatic N) is 2. The summed E-state index contributed by atoms with van der Waals surface area (Å²) in [5.41, 5.74) is 5.21. The van der Waals surface area contributed by atoms with Gasteiger partial charge in [0.05, 0.1) is 6.54 Å². The lowest BCUT2D eigenvalue weighted by molar-refractivity contribution is -0.145. The van der Waals surface area contributed by atoms with E-state index >= 15 is 0 Å². The lowest BCUT2D eigenvalue weighted by Crippen LogP contribution is -2.49. The molecule has 1 fully saturated rings. The highest BCUT2D eigenvalue weighted by molar-refractivity contribution is 5.80. The summed E-state index contributed by atoms with van der Waals surface area (Å²) < 4.78 is 0. The van der Waals surface area contributed by atoms with Gasteiger partial charge in [-0.25, -0.2) is 4.98 Å². The molecule has 1 aromatic rings. The number of carboxylic acids is 1. The van der Waals surface area contributed by atoms with Gasteiger partial charge in [0.2, 0.25) is 0 Å². The Kier molecular flexibility index (Phi) is 4.89. The number of pyridine rings is 1. The predicted molar refractivity (Wildman–Crippen MR) is 72.9 cm³/mol. The van der Waals surface area contributed by atoms with Crippen molar-refractivity contribution in [3.05, 3.63) is 24.4 Å². The number of hydrogen-bond acceptors (Lipinski definition) is 5. The number of nitrogens with one attached hydrogen (secondary N) is 2. The van der Waals surface area contributed by atoms with Crippen LogP contribution in [0.4, 0.5) is 5.82 Å². The highest BCUT2D eigenvalue weighted by Crippen LogP contribution is 2.16. The summed E-state index contributed by atoms with van der Waals surface area (Å²) in [7, 11) is 0. The van der Waals surface area contributed by atoms with Crippen LogP contribution in [0.5, 0.6) is 0 Å². The van der Waals surface area contributed by atoms with Crippen molar-refractivity contribution in [2.24, 2.45) is 0 Å². The molecule has 1 atom stereocenters. The number of amides is 1. The minimum atomic E-state index is -0.866. The largest absolute Gasteiger partial charge is 0.480 e. The molecule has 1 aliphatic heterocycles. The number of anilines is 1. The van der Waals surface area contributed by atoms with E-state index in [4.69, 9.17) is 5.11 Å². The van der Waals surface area contributed by atoms with Crippen LogP contribution in [0.15, 0.2) is 24.4 Å². The molecule has 0 saturated carbocycles. The molecule has 1 amide bonds. The Bertz CT molecular complexity index is 466. The molecule has 0 radical (unpaired) electrons. The molecule has 7 heteroatoms. The molecule has 1 aliphatic rings. The van der Waals surface area contributed by atoms with Gasteiger partial charge in [0.15, 0.2) is 0 Å². The van der Waals surface area contributed by atoms with E-state index in [1.54, 1.807) is 29.3 Å². The van der Waals surface area contributed by atoms with Crippen molar-refractivity contribution in [2.45, 2.75) is 25.3 Å². The molecule has 1 saturated heterocycles. The van der Waals surface area contributed by atoms with Crippen LogP contribution in [0.2, 0.25) is 0 Å². The van der Waals surface area contributed by atoms with Gasteiger partial charge in [0.25, 0.3) is 5.91 Å². The van der Waals surface area contributed by atoms with Crippen LogP contribution in [0.25, 0.3) is 0 Å². The summed E-state index contributed by atoms with van der Waals surface area (Å²) in [4.78, 5) is 28.6. The summed E-state index contributed by atoms with van der Waals surface area (Å²) >= 11 is 0. The van der Waals surface area contributed by atoms with Gasteiger partial charge in [0.1, 0.15) is 11.9 Å². The number of carboxylic acid groups (broad SMARTS) is 1. The number of aliphatic carboxylic acids is 1. The molecular formula is C13H18N4O3. The molecule has 108 valence electrons. The van der Waals surface area contributed by atoms with E-state index in [-0.39, 0.29) is 12.5 Å². The summed E-state index contributed by atoms with van der Waals surface area (Å²) in [6.45, 7) is 0.699. The fourth-order valence-electron chi connectivity index (χ4n) is 2.25. The highest BCUT2D eigenvalue weighted by atomic mass is 16.4. The van der Waals surface area contributed by atoms with Gasteiger partial charge in [-0.05, 0) is 31.5 Å². The van der Waals surface area contributed by atoms with Gasteiger partial charge in [-0.2, -0.15) is 0 Å². The van der Waals surface area contributed by atoms with Gasteiger partial charge in [-0.15, -0.1) is 0 Å². The van der Waals surface area contributed by atoms with Crippen LogP contribution < -0.4 is 10.9 Å². The predicted octanol–water partition coefficient (Wildman–Crippen LogP) is 0.464. The van der Waals surface area contributed by atoms with Crippen molar-refractivity contribution in [1.29, 1.82) is 0 Å². The molecule has 20 heavy (non-hydrogen) atoms. The smallest absolute Gasteiger partial charge is 0.320 e. The van der Waals surface area contributed by atoms with Crippen molar-refractivity contribution in [1.82, 2.24) is 15.3 Å². The van der Waals surface area contributed by atoms with Crippen LogP contribution in [-0.4, -0.2) is 46.0 Å². The number of likely N-dealkylation sites (tertiary alicyclic amines) is 1. The lowest BCUT2D eigenvalue weighted by Gasteiger charge is -2.32. The van der Waals surface area contributed by atoms with E-state index in [9.17, 15) is 9.59 Å². The number of rotatable bonds is 5. The van der Waals surface area contributed by atoms with E-state index in [2.05, 4.69) is 15.8 Å². The van der Waals surface area contributed by atoms with Crippen molar-refractivity contribution in [3.8, 4) is 0 Å². The van der Waals surface area contributed by atoms with Crippen LogP contribution in [0.1, 0.15) is 19.3 Å². The minimum Gasteiger partial charge on any atom is -0.480 e. The van der Waals surface area contributed by atoms with Crippen molar-refractivity contribution in [2.75, 3.05) is 18.5 Å². The average Bonchev–Trinajstić information content (AvgIpc) is 2.46. The van der Waals surface area contributed by atoms with Crippen LogP contribution in [-0.2, 0) is 9.59 Å². The van der Waals surface area contributed by atoms with Gasteiger partial charge >= 0.3 is 5.97 Å². The number of carbonyl (C=O) groups excluding carboxylic acids is 1.